The Balaban J connectivity index is 1.67. The quantitative estimate of drug-likeness (QED) is 0.668. The zero-order valence-electron chi connectivity index (χ0n) is 19.9. The Morgan fingerprint density at radius 2 is 2.03 bits per heavy atom. The lowest BCUT2D eigenvalue weighted by atomic mass is 10.0. The molecule has 1 saturated heterocycles. The van der Waals surface area contributed by atoms with Gasteiger partial charge in [-0.25, -0.2) is 4.79 Å². The molecule has 2 aromatic rings. The fourth-order valence-electron chi connectivity index (χ4n) is 3.94. The predicted molar refractivity (Wildman–Crippen MR) is 122 cm³/mol. The summed E-state index contributed by atoms with van der Waals surface area (Å²) in [6.07, 6.45) is -0.567. The number of carbonyl (C=O) groups excluding carboxylic acids is 1. The van der Waals surface area contributed by atoms with Crippen molar-refractivity contribution in [3.63, 3.8) is 0 Å². The number of hydrogen-bond acceptors (Lipinski definition) is 8. The van der Waals surface area contributed by atoms with E-state index in [1.165, 1.54) is 5.56 Å². The number of rotatable bonds is 7. The van der Waals surface area contributed by atoms with Crippen LogP contribution in [0.2, 0.25) is 0 Å². The van der Waals surface area contributed by atoms with E-state index in [4.69, 9.17) is 9.15 Å². The van der Waals surface area contributed by atoms with Gasteiger partial charge in [0.1, 0.15) is 0 Å². The molecule has 0 bridgehead atoms. The highest BCUT2D eigenvalue weighted by Gasteiger charge is 2.29. The predicted octanol–water partition coefficient (Wildman–Crippen LogP) is 3.40. The third kappa shape index (κ3) is 6.20. The van der Waals surface area contributed by atoms with Crippen LogP contribution in [0.1, 0.15) is 50.3 Å². The van der Waals surface area contributed by atoms with Gasteiger partial charge in [-0.3, -0.25) is 4.90 Å². The van der Waals surface area contributed by atoms with Crippen LogP contribution in [0.3, 0.4) is 0 Å². The highest BCUT2D eigenvalue weighted by atomic mass is 16.6. The van der Waals surface area contributed by atoms with Crippen molar-refractivity contribution in [3.8, 4) is 0 Å². The lowest BCUT2D eigenvalue weighted by Crippen LogP contribution is -2.54. The molecule has 0 unspecified atom stereocenters. The maximum atomic E-state index is 12.3. The minimum absolute atomic E-state index is 0.0865. The number of anilines is 2. The summed E-state index contributed by atoms with van der Waals surface area (Å²) < 4.78 is 11.0. The maximum absolute atomic E-state index is 12.3. The van der Waals surface area contributed by atoms with E-state index < -0.39 is 6.10 Å². The van der Waals surface area contributed by atoms with E-state index in [0.29, 0.717) is 24.9 Å². The molecule has 1 aliphatic heterocycles. The lowest BCUT2D eigenvalue weighted by molar-refractivity contribution is 0.0349. The molecule has 0 radical (unpaired) electrons. The molecule has 2 N–H and O–H groups in total. The van der Waals surface area contributed by atoms with Gasteiger partial charge in [0.25, 0.3) is 0 Å². The van der Waals surface area contributed by atoms with E-state index >= 15 is 0 Å². The zero-order valence-corrected chi connectivity index (χ0v) is 19.9. The number of nitrogens with zero attached hydrogens (tertiary/aromatic N) is 4. The number of aromatic nitrogens is 2. The SMILES string of the molecule is Cc1cc(CN2CCN(C(=O)OC(C)C)[C@@H](C)C2)c(C)c(Nc2nnc(C[C@H](C)O)o2)c1. The summed E-state index contributed by atoms with van der Waals surface area (Å²) in [5, 5.41) is 20.7. The molecule has 0 spiro atoms. The minimum atomic E-state index is -0.536. The van der Waals surface area contributed by atoms with Crippen molar-refractivity contribution in [2.75, 3.05) is 25.0 Å². The smallest absolute Gasteiger partial charge is 0.410 e. The van der Waals surface area contributed by atoms with Crippen molar-refractivity contribution in [3.05, 3.63) is 34.7 Å². The molecule has 1 aromatic carbocycles. The largest absolute Gasteiger partial charge is 0.447 e. The van der Waals surface area contributed by atoms with Crippen LogP contribution in [-0.2, 0) is 17.7 Å². The Morgan fingerprint density at radius 1 is 1.28 bits per heavy atom. The minimum Gasteiger partial charge on any atom is -0.447 e. The monoisotopic (exact) mass is 445 g/mol. The number of hydrogen-bond donors (Lipinski definition) is 2. The summed E-state index contributed by atoms with van der Waals surface area (Å²) in [4.78, 5) is 16.5. The van der Waals surface area contributed by atoms with Crippen molar-refractivity contribution in [1.82, 2.24) is 20.0 Å². The fourth-order valence-corrected chi connectivity index (χ4v) is 3.94. The van der Waals surface area contributed by atoms with Gasteiger partial charge in [-0.05, 0) is 64.3 Å². The molecule has 176 valence electrons. The van der Waals surface area contributed by atoms with Gasteiger partial charge in [0.2, 0.25) is 5.89 Å². The summed E-state index contributed by atoms with van der Waals surface area (Å²) in [6.45, 7) is 14.6. The molecule has 1 aromatic heterocycles. The average Bonchev–Trinajstić information content (AvgIpc) is 3.11. The Kier molecular flexibility index (Phi) is 7.73. The third-order valence-corrected chi connectivity index (χ3v) is 5.51. The van der Waals surface area contributed by atoms with E-state index in [-0.39, 0.29) is 18.2 Å². The Morgan fingerprint density at radius 3 is 2.69 bits per heavy atom. The molecule has 0 aliphatic carbocycles. The van der Waals surface area contributed by atoms with Crippen LogP contribution >= 0.6 is 0 Å². The molecule has 1 fully saturated rings. The van der Waals surface area contributed by atoms with E-state index in [1.807, 2.05) is 18.7 Å². The molecule has 2 atom stereocenters. The molecular weight excluding hydrogens is 410 g/mol. The number of aliphatic hydroxyl groups excluding tert-OH is 1. The van der Waals surface area contributed by atoms with Gasteiger partial charge in [-0.15, -0.1) is 5.10 Å². The molecule has 9 nitrogen and oxygen atoms in total. The number of nitrogens with one attached hydrogen (secondary N) is 1. The molecular formula is C23H35N5O4. The second kappa shape index (κ2) is 10.3. The Bertz CT molecular complexity index is 927. The van der Waals surface area contributed by atoms with E-state index in [0.717, 1.165) is 36.4 Å². The summed E-state index contributed by atoms with van der Waals surface area (Å²) >= 11 is 0. The second-order valence-electron chi connectivity index (χ2n) is 8.99. The number of benzene rings is 1. The molecule has 32 heavy (non-hydrogen) atoms. The van der Waals surface area contributed by atoms with Crippen molar-refractivity contribution in [1.29, 1.82) is 0 Å². The number of aryl methyl sites for hydroxylation is 1. The third-order valence-electron chi connectivity index (χ3n) is 5.51. The summed E-state index contributed by atoms with van der Waals surface area (Å²) in [7, 11) is 0. The van der Waals surface area contributed by atoms with Crippen LogP contribution in [0.4, 0.5) is 16.5 Å². The first-order valence-electron chi connectivity index (χ1n) is 11.2. The van der Waals surface area contributed by atoms with Crippen LogP contribution in [0, 0.1) is 13.8 Å². The first kappa shape index (κ1) is 24.0. The van der Waals surface area contributed by atoms with Crippen LogP contribution in [0.15, 0.2) is 16.5 Å². The summed E-state index contributed by atoms with van der Waals surface area (Å²) in [5.74, 6) is 0.399. The number of carbonyl (C=O) groups is 1. The standard InChI is InChI=1S/C23H35N5O4/c1-14(2)31-23(30)28-8-7-27(12-16(28)4)13-19-9-15(3)10-20(18(19)6)24-22-26-25-21(32-22)11-17(5)29/h9-10,14,16-17,29H,7-8,11-13H2,1-6H3,(H,24,26)/t16-,17-/m0/s1. The normalized spacial score (nSPS) is 18.1. The Labute approximate surface area is 189 Å². The van der Waals surface area contributed by atoms with E-state index in [2.05, 4.69) is 53.3 Å². The van der Waals surface area contributed by atoms with Crippen LogP contribution in [0.5, 0.6) is 0 Å². The van der Waals surface area contributed by atoms with Crippen molar-refractivity contribution < 1.29 is 19.1 Å². The number of piperazine rings is 1. The lowest BCUT2D eigenvalue weighted by Gasteiger charge is -2.39. The summed E-state index contributed by atoms with van der Waals surface area (Å²) in [5.41, 5.74) is 4.37. The van der Waals surface area contributed by atoms with Crippen LogP contribution < -0.4 is 5.32 Å². The molecule has 1 amide bonds. The van der Waals surface area contributed by atoms with E-state index in [1.54, 1.807) is 6.92 Å². The van der Waals surface area contributed by atoms with Gasteiger partial charge in [-0.1, -0.05) is 11.2 Å². The van der Waals surface area contributed by atoms with Gasteiger partial charge in [0.05, 0.1) is 18.6 Å². The first-order chi connectivity index (χ1) is 15.1. The Hall–Kier alpha value is -2.65. The molecule has 0 saturated carbocycles. The molecule has 9 heteroatoms. The number of aliphatic hydroxyl groups is 1. The van der Waals surface area contributed by atoms with Crippen molar-refractivity contribution in [2.45, 2.75) is 72.8 Å². The topological polar surface area (TPSA) is 104 Å². The highest BCUT2D eigenvalue weighted by Crippen LogP contribution is 2.27. The average molecular weight is 446 g/mol. The highest BCUT2D eigenvalue weighted by molar-refractivity contribution is 5.68. The second-order valence-corrected chi connectivity index (χ2v) is 8.99. The molecule has 1 aliphatic rings. The van der Waals surface area contributed by atoms with Crippen molar-refractivity contribution >= 4 is 17.8 Å². The van der Waals surface area contributed by atoms with Crippen LogP contribution in [-0.4, -0.2) is 69.1 Å². The molecule has 3 rings (SSSR count). The van der Waals surface area contributed by atoms with Gasteiger partial charge in [-0.2, -0.15) is 0 Å². The zero-order chi connectivity index (χ0) is 23.4. The van der Waals surface area contributed by atoms with Gasteiger partial charge in [0.15, 0.2) is 0 Å². The van der Waals surface area contributed by atoms with Gasteiger partial charge in [0, 0.05) is 37.9 Å². The molecule has 2 heterocycles. The maximum Gasteiger partial charge on any atom is 0.410 e. The number of ether oxygens (including phenoxy) is 1. The summed E-state index contributed by atoms with van der Waals surface area (Å²) in [6, 6.07) is 4.64. The van der Waals surface area contributed by atoms with Crippen LogP contribution in [0.25, 0.3) is 0 Å². The first-order valence-corrected chi connectivity index (χ1v) is 11.2. The van der Waals surface area contributed by atoms with Gasteiger partial charge < -0.3 is 24.5 Å². The number of amides is 1. The van der Waals surface area contributed by atoms with E-state index in [9.17, 15) is 9.90 Å². The fraction of sp³-hybridized carbons (Fsp3) is 0.609. The van der Waals surface area contributed by atoms with Crippen molar-refractivity contribution in [2.24, 2.45) is 0 Å². The van der Waals surface area contributed by atoms with Gasteiger partial charge >= 0.3 is 12.1 Å².